The summed E-state index contributed by atoms with van der Waals surface area (Å²) in [6.07, 6.45) is 1.68. The van der Waals surface area contributed by atoms with Crippen LogP contribution in [0.3, 0.4) is 0 Å². The van der Waals surface area contributed by atoms with Gasteiger partial charge >= 0.3 is 0 Å². The predicted molar refractivity (Wildman–Crippen MR) is 59.2 cm³/mol. The molecule has 0 unspecified atom stereocenters. The van der Waals surface area contributed by atoms with Gasteiger partial charge in [-0.25, -0.2) is 9.97 Å². The van der Waals surface area contributed by atoms with Gasteiger partial charge in [-0.1, -0.05) is 0 Å². The average Bonchev–Trinajstić information content (AvgIpc) is 2.70. The summed E-state index contributed by atoms with van der Waals surface area (Å²) in [4.78, 5) is 9.67. The lowest BCUT2D eigenvalue weighted by molar-refractivity contribution is 1.16. The summed E-state index contributed by atoms with van der Waals surface area (Å²) >= 11 is 1.40. The second-order valence-corrected chi connectivity index (χ2v) is 4.12. The number of rotatable bonds is 1. The van der Waals surface area contributed by atoms with E-state index < -0.39 is 0 Å². The van der Waals surface area contributed by atoms with E-state index in [1.807, 2.05) is 13.0 Å². The quantitative estimate of drug-likeness (QED) is 0.790. The molecule has 15 heavy (non-hydrogen) atoms. The van der Waals surface area contributed by atoms with Crippen LogP contribution in [0.4, 0.5) is 5.95 Å². The number of nitrogens with zero attached hydrogens (tertiary/aromatic N) is 3. The first-order chi connectivity index (χ1) is 7.20. The Labute approximate surface area is 91.0 Å². The predicted octanol–water partition coefficient (Wildman–Crippen LogP) is 1.97. The fourth-order valence-electron chi connectivity index (χ4n) is 1.23. The van der Waals surface area contributed by atoms with Crippen molar-refractivity contribution >= 4 is 17.3 Å². The van der Waals surface area contributed by atoms with Crippen LogP contribution < -0.4 is 5.73 Å². The highest BCUT2D eigenvalue weighted by molar-refractivity contribution is 7.16. The van der Waals surface area contributed by atoms with E-state index in [4.69, 9.17) is 11.0 Å². The summed E-state index contributed by atoms with van der Waals surface area (Å²) in [6.45, 7) is 1.92. The highest BCUT2D eigenvalue weighted by Crippen LogP contribution is 2.28. The van der Waals surface area contributed by atoms with Crippen molar-refractivity contribution in [3.05, 3.63) is 28.8 Å². The van der Waals surface area contributed by atoms with Crippen LogP contribution in [0.2, 0.25) is 0 Å². The standard InChI is InChI=1S/C10H8N4S/c1-6-5-13-10(12)14-9(6)8-3-2-7(4-11)15-8/h2-3,5H,1H3,(H2,12,13,14). The number of nitrogen functional groups attached to an aromatic ring is 1. The number of hydrogen-bond acceptors (Lipinski definition) is 5. The van der Waals surface area contributed by atoms with Crippen molar-refractivity contribution in [3.63, 3.8) is 0 Å². The molecule has 2 rings (SSSR count). The minimum Gasteiger partial charge on any atom is -0.368 e. The zero-order valence-electron chi connectivity index (χ0n) is 8.06. The number of hydrogen-bond donors (Lipinski definition) is 1. The van der Waals surface area contributed by atoms with Gasteiger partial charge in [0.25, 0.3) is 0 Å². The lowest BCUT2D eigenvalue weighted by atomic mass is 10.2. The van der Waals surface area contributed by atoms with Gasteiger partial charge in [0.1, 0.15) is 10.9 Å². The van der Waals surface area contributed by atoms with Gasteiger partial charge in [0, 0.05) is 6.20 Å². The SMILES string of the molecule is Cc1cnc(N)nc1-c1ccc(C#N)s1. The second-order valence-electron chi connectivity index (χ2n) is 3.04. The molecule has 2 heterocycles. The van der Waals surface area contributed by atoms with Crippen LogP contribution in [0.1, 0.15) is 10.4 Å². The molecule has 0 aromatic carbocycles. The average molecular weight is 216 g/mol. The molecule has 2 N–H and O–H groups in total. The third-order valence-electron chi connectivity index (χ3n) is 1.94. The van der Waals surface area contributed by atoms with E-state index in [1.165, 1.54) is 11.3 Å². The number of aromatic nitrogens is 2. The normalized spacial score (nSPS) is 9.87. The first-order valence-corrected chi connectivity index (χ1v) is 5.12. The molecule has 0 aliphatic rings. The summed E-state index contributed by atoms with van der Waals surface area (Å²) in [6, 6.07) is 5.74. The number of nitriles is 1. The Morgan fingerprint density at radius 1 is 1.47 bits per heavy atom. The highest BCUT2D eigenvalue weighted by atomic mass is 32.1. The van der Waals surface area contributed by atoms with Crippen molar-refractivity contribution in [2.24, 2.45) is 0 Å². The molecule has 0 saturated carbocycles. The maximum Gasteiger partial charge on any atom is 0.220 e. The molecule has 0 spiro atoms. The summed E-state index contributed by atoms with van der Waals surface area (Å²) in [7, 11) is 0. The van der Waals surface area contributed by atoms with E-state index in [2.05, 4.69) is 16.0 Å². The van der Waals surface area contributed by atoms with E-state index in [0.29, 0.717) is 4.88 Å². The van der Waals surface area contributed by atoms with E-state index in [0.717, 1.165) is 16.1 Å². The van der Waals surface area contributed by atoms with Crippen LogP contribution in [0.25, 0.3) is 10.6 Å². The number of anilines is 1. The number of thiophene rings is 1. The molecule has 4 nitrogen and oxygen atoms in total. The van der Waals surface area contributed by atoms with Crippen molar-refractivity contribution in [2.75, 3.05) is 5.73 Å². The van der Waals surface area contributed by atoms with Crippen molar-refractivity contribution < 1.29 is 0 Å². The van der Waals surface area contributed by atoms with Crippen LogP contribution in [0.5, 0.6) is 0 Å². The van der Waals surface area contributed by atoms with Crippen molar-refractivity contribution in [1.29, 1.82) is 5.26 Å². The topological polar surface area (TPSA) is 75.6 Å². The third kappa shape index (κ3) is 1.80. The van der Waals surface area contributed by atoms with Gasteiger partial charge in [-0.2, -0.15) is 5.26 Å². The smallest absolute Gasteiger partial charge is 0.220 e. The zero-order chi connectivity index (χ0) is 10.8. The van der Waals surface area contributed by atoms with Gasteiger partial charge in [0.2, 0.25) is 5.95 Å². The Balaban J connectivity index is 2.54. The minimum absolute atomic E-state index is 0.252. The van der Waals surface area contributed by atoms with Crippen molar-refractivity contribution in [2.45, 2.75) is 6.92 Å². The van der Waals surface area contributed by atoms with Crippen molar-refractivity contribution in [3.8, 4) is 16.6 Å². The Kier molecular flexibility index (Phi) is 2.35. The molecule has 0 amide bonds. The van der Waals surface area contributed by atoms with E-state index in [1.54, 1.807) is 12.3 Å². The van der Waals surface area contributed by atoms with Crippen LogP contribution in [-0.2, 0) is 0 Å². The van der Waals surface area contributed by atoms with Crippen LogP contribution >= 0.6 is 11.3 Å². The molecule has 0 atom stereocenters. The maximum absolute atomic E-state index is 8.72. The maximum atomic E-state index is 8.72. The Morgan fingerprint density at radius 2 is 2.27 bits per heavy atom. The van der Waals surface area contributed by atoms with Crippen LogP contribution in [0.15, 0.2) is 18.3 Å². The molecule has 0 saturated heterocycles. The highest BCUT2D eigenvalue weighted by Gasteiger charge is 2.07. The molecule has 5 heteroatoms. The first-order valence-electron chi connectivity index (χ1n) is 4.30. The molecule has 0 aliphatic carbocycles. The van der Waals surface area contributed by atoms with E-state index in [-0.39, 0.29) is 5.95 Å². The molecule has 2 aromatic heterocycles. The van der Waals surface area contributed by atoms with E-state index in [9.17, 15) is 0 Å². The fraction of sp³-hybridized carbons (Fsp3) is 0.100. The zero-order valence-corrected chi connectivity index (χ0v) is 8.88. The molecular weight excluding hydrogens is 208 g/mol. The number of nitrogens with two attached hydrogens (primary N) is 1. The molecule has 0 bridgehead atoms. The molecule has 2 aromatic rings. The van der Waals surface area contributed by atoms with Gasteiger partial charge in [-0.3, -0.25) is 0 Å². The Morgan fingerprint density at radius 3 is 2.93 bits per heavy atom. The molecule has 0 fully saturated rings. The summed E-state index contributed by atoms with van der Waals surface area (Å²) < 4.78 is 0. The molecular formula is C10H8N4S. The number of aryl methyl sites for hydroxylation is 1. The summed E-state index contributed by atoms with van der Waals surface area (Å²) in [5, 5.41) is 8.72. The monoisotopic (exact) mass is 216 g/mol. The Bertz CT molecular complexity index is 539. The van der Waals surface area contributed by atoms with Crippen molar-refractivity contribution in [1.82, 2.24) is 9.97 Å². The fourth-order valence-corrected chi connectivity index (χ4v) is 2.09. The van der Waals surface area contributed by atoms with Gasteiger partial charge < -0.3 is 5.73 Å². The van der Waals surface area contributed by atoms with Crippen LogP contribution in [0, 0.1) is 18.3 Å². The lowest BCUT2D eigenvalue weighted by Crippen LogP contribution is -1.97. The molecule has 0 aliphatic heterocycles. The van der Waals surface area contributed by atoms with Gasteiger partial charge in [0.05, 0.1) is 10.6 Å². The third-order valence-corrected chi connectivity index (χ3v) is 2.94. The minimum atomic E-state index is 0.252. The molecule has 0 radical (unpaired) electrons. The van der Waals surface area contributed by atoms with Gasteiger partial charge in [-0.05, 0) is 24.6 Å². The summed E-state index contributed by atoms with van der Waals surface area (Å²) in [5.41, 5.74) is 7.28. The summed E-state index contributed by atoms with van der Waals surface area (Å²) in [5.74, 6) is 0.252. The van der Waals surface area contributed by atoms with Crippen LogP contribution in [-0.4, -0.2) is 9.97 Å². The molecule has 74 valence electrons. The van der Waals surface area contributed by atoms with Gasteiger partial charge in [-0.15, -0.1) is 11.3 Å². The second kappa shape index (κ2) is 3.67. The van der Waals surface area contributed by atoms with E-state index >= 15 is 0 Å². The first kappa shape index (κ1) is 9.62. The Hall–Kier alpha value is -1.93. The lowest BCUT2D eigenvalue weighted by Gasteiger charge is -2.01. The largest absolute Gasteiger partial charge is 0.368 e. The van der Waals surface area contributed by atoms with Gasteiger partial charge in [0.15, 0.2) is 0 Å².